The minimum absolute atomic E-state index is 0.271. The van der Waals surface area contributed by atoms with Gasteiger partial charge in [0.2, 0.25) is 0 Å². The molecule has 0 amide bonds. The van der Waals surface area contributed by atoms with Crippen LogP contribution in [-0.2, 0) is 4.74 Å². The fourth-order valence-corrected chi connectivity index (χ4v) is 3.72. The molecule has 0 N–H and O–H groups in total. The first-order chi connectivity index (χ1) is 13.7. The highest BCUT2D eigenvalue weighted by atomic mass is 35.5. The van der Waals surface area contributed by atoms with E-state index in [0.717, 1.165) is 21.9 Å². The highest BCUT2D eigenvalue weighted by Crippen LogP contribution is 2.30. The predicted molar refractivity (Wildman–Crippen MR) is 111 cm³/mol. The summed E-state index contributed by atoms with van der Waals surface area (Å²) in [5, 5.41) is 3.02. The summed E-state index contributed by atoms with van der Waals surface area (Å²) >= 11 is 5.98. The van der Waals surface area contributed by atoms with Crippen LogP contribution in [0.3, 0.4) is 0 Å². The van der Waals surface area contributed by atoms with Crippen molar-refractivity contribution in [1.29, 1.82) is 0 Å². The lowest BCUT2D eigenvalue weighted by molar-refractivity contribution is 0.120. The summed E-state index contributed by atoms with van der Waals surface area (Å²) in [6.07, 6.45) is 0. The van der Waals surface area contributed by atoms with Crippen LogP contribution in [0, 0.1) is 0 Å². The molecule has 1 fully saturated rings. The molecular formula is C22H17ClN2O3. The number of hydrogen-bond donors (Lipinski definition) is 0. The molecule has 6 heteroatoms. The molecule has 0 atom stereocenters. The lowest BCUT2D eigenvalue weighted by Crippen LogP contribution is -2.37. The Morgan fingerprint density at radius 3 is 2.46 bits per heavy atom. The van der Waals surface area contributed by atoms with Crippen LogP contribution >= 0.6 is 11.6 Å². The van der Waals surface area contributed by atoms with E-state index in [1.807, 2.05) is 53.4 Å². The van der Waals surface area contributed by atoms with E-state index in [-0.39, 0.29) is 5.56 Å². The highest BCUT2D eigenvalue weighted by molar-refractivity contribution is 6.30. The van der Waals surface area contributed by atoms with Crippen LogP contribution in [0.1, 0.15) is 0 Å². The quantitative estimate of drug-likeness (QED) is 0.470. The Bertz CT molecular complexity index is 1230. The summed E-state index contributed by atoms with van der Waals surface area (Å²) in [6.45, 7) is 2.54. The molecule has 3 aromatic carbocycles. The monoisotopic (exact) mass is 392 g/mol. The van der Waals surface area contributed by atoms with Gasteiger partial charge in [-0.3, -0.25) is 4.79 Å². The van der Waals surface area contributed by atoms with Crippen LogP contribution in [0.4, 0.5) is 6.01 Å². The van der Waals surface area contributed by atoms with E-state index in [4.69, 9.17) is 20.8 Å². The molecule has 0 saturated carbocycles. The summed E-state index contributed by atoms with van der Waals surface area (Å²) in [6, 6.07) is 17.9. The first-order valence-corrected chi connectivity index (χ1v) is 9.53. The number of benzene rings is 3. The van der Waals surface area contributed by atoms with Crippen molar-refractivity contribution in [2.45, 2.75) is 0 Å². The van der Waals surface area contributed by atoms with Crippen molar-refractivity contribution in [1.82, 2.24) is 4.98 Å². The predicted octanol–water partition coefficient (Wildman–Crippen LogP) is 4.50. The molecule has 1 saturated heterocycles. The second kappa shape index (κ2) is 6.93. The minimum atomic E-state index is -0.271. The van der Waals surface area contributed by atoms with Gasteiger partial charge < -0.3 is 14.1 Å². The second-order valence-electron chi connectivity index (χ2n) is 6.78. The van der Waals surface area contributed by atoms with Crippen LogP contribution < -0.4 is 10.5 Å². The van der Waals surface area contributed by atoms with Crippen molar-refractivity contribution in [2.24, 2.45) is 0 Å². The van der Waals surface area contributed by atoms with Crippen LogP contribution in [0.2, 0.25) is 5.02 Å². The molecule has 140 valence electrons. The highest BCUT2D eigenvalue weighted by Gasteiger charge is 2.18. The van der Waals surface area contributed by atoms with Gasteiger partial charge in [0.15, 0.2) is 0 Å². The van der Waals surface area contributed by atoms with Gasteiger partial charge in [-0.1, -0.05) is 41.9 Å². The Labute approximate surface area is 166 Å². The number of hydrogen-bond acceptors (Lipinski definition) is 5. The van der Waals surface area contributed by atoms with E-state index in [2.05, 4.69) is 11.1 Å². The normalized spacial score (nSPS) is 14.7. The smallest absolute Gasteiger partial charge is 0.301 e. The Kier molecular flexibility index (Phi) is 4.26. The number of morpholine rings is 1. The third kappa shape index (κ3) is 3.03. The van der Waals surface area contributed by atoms with Crippen molar-refractivity contribution < 1.29 is 9.15 Å². The van der Waals surface area contributed by atoms with Crippen molar-refractivity contribution in [3.05, 3.63) is 70.0 Å². The molecule has 0 unspecified atom stereocenters. The van der Waals surface area contributed by atoms with E-state index < -0.39 is 0 Å². The van der Waals surface area contributed by atoms with Crippen molar-refractivity contribution in [3.8, 4) is 11.1 Å². The second-order valence-corrected chi connectivity index (χ2v) is 7.22. The molecule has 28 heavy (non-hydrogen) atoms. The molecule has 0 spiro atoms. The number of rotatable bonds is 2. The zero-order valence-electron chi connectivity index (χ0n) is 15.0. The summed E-state index contributed by atoms with van der Waals surface area (Å²) in [7, 11) is 0. The minimum Gasteiger partial charge on any atom is -0.425 e. The van der Waals surface area contributed by atoms with Crippen LogP contribution in [0.25, 0.3) is 32.9 Å². The molecule has 5 nitrogen and oxygen atoms in total. The summed E-state index contributed by atoms with van der Waals surface area (Å²) in [5.74, 6) is 0. The maximum absolute atomic E-state index is 12.8. The number of fused-ring (bicyclic) bond motifs is 3. The average Bonchev–Trinajstić information content (AvgIpc) is 2.74. The third-order valence-corrected chi connectivity index (χ3v) is 5.31. The Hall–Kier alpha value is -2.89. The third-order valence-electron chi connectivity index (χ3n) is 5.05. The Balaban J connectivity index is 1.63. The molecule has 1 aliphatic rings. The average molecular weight is 393 g/mol. The number of ether oxygens (including phenoxy) is 1. The van der Waals surface area contributed by atoms with Gasteiger partial charge in [0, 0.05) is 18.1 Å². The standard InChI is InChI=1S/C22H17ClN2O3/c23-17-5-1-14(2-6-17)15-3-7-18-16(13-15)4-8-19-20(18)21(26)24-22(28-19)25-9-11-27-12-10-25/h1-8,13H,9-12H2. The molecule has 0 aliphatic carbocycles. The fourth-order valence-electron chi connectivity index (χ4n) is 3.59. The van der Waals surface area contributed by atoms with Gasteiger partial charge in [-0.15, -0.1) is 0 Å². The van der Waals surface area contributed by atoms with Gasteiger partial charge in [-0.2, -0.15) is 4.98 Å². The molecule has 1 aliphatic heterocycles. The molecule has 0 radical (unpaired) electrons. The van der Waals surface area contributed by atoms with E-state index >= 15 is 0 Å². The SMILES string of the molecule is O=c1nc(N2CCOCC2)oc2ccc3cc(-c4ccc(Cl)cc4)ccc3c12. The van der Waals surface area contributed by atoms with Gasteiger partial charge >= 0.3 is 6.01 Å². The van der Waals surface area contributed by atoms with E-state index in [9.17, 15) is 4.79 Å². The number of nitrogens with zero attached hydrogens (tertiary/aromatic N) is 2. The molecule has 5 rings (SSSR count). The first-order valence-electron chi connectivity index (χ1n) is 9.15. The first kappa shape index (κ1) is 17.2. The lowest BCUT2D eigenvalue weighted by Gasteiger charge is -2.25. The van der Waals surface area contributed by atoms with Gasteiger partial charge in [0.05, 0.1) is 18.6 Å². The summed E-state index contributed by atoms with van der Waals surface area (Å²) < 4.78 is 11.3. The number of anilines is 1. The zero-order valence-corrected chi connectivity index (χ0v) is 15.8. The van der Waals surface area contributed by atoms with Crippen molar-refractivity contribution >= 4 is 39.4 Å². The topological polar surface area (TPSA) is 55.6 Å². The Morgan fingerprint density at radius 2 is 1.68 bits per heavy atom. The van der Waals surface area contributed by atoms with Crippen molar-refractivity contribution in [3.63, 3.8) is 0 Å². The molecule has 1 aromatic heterocycles. The van der Waals surface area contributed by atoms with Gasteiger partial charge in [0.1, 0.15) is 5.58 Å². The molecule has 2 heterocycles. The zero-order chi connectivity index (χ0) is 19.1. The molecule has 4 aromatic rings. The largest absolute Gasteiger partial charge is 0.425 e. The van der Waals surface area contributed by atoms with Gasteiger partial charge in [0.25, 0.3) is 5.56 Å². The summed E-state index contributed by atoms with van der Waals surface area (Å²) in [5.41, 5.74) is 2.41. The maximum atomic E-state index is 12.8. The van der Waals surface area contributed by atoms with E-state index in [0.29, 0.717) is 48.3 Å². The lowest BCUT2D eigenvalue weighted by atomic mass is 9.99. The number of aromatic nitrogens is 1. The Morgan fingerprint density at radius 1 is 0.929 bits per heavy atom. The molecule has 0 bridgehead atoms. The van der Waals surface area contributed by atoms with Crippen LogP contribution in [0.15, 0.2) is 63.8 Å². The maximum Gasteiger partial charge on any atom is 0.301 e. The van der Waals surface area contributed by atoms with Crippen LogP contribution in [0.5, 0.6) is 0 Å². The van der Waals surface area contributed by atoms with Crippen LogP contribution in [-0.4, -0.2) is 31.3 Å². The summed E-state index contributed by atoms with van der Waals surface area (Å²) in [4.78, 5) is 18.9. The van der Waals surface area contributed by atoms with Gasteiger partial charge in [-0.25, -0.2) is 0 Å². The van der Waals surface area contributed by atoms with Gasteiger partial charge in [-0.05, 0) is 46.2 Å². The van der Waals surface area contributed by atoms with E-state index in [1.165, 1.54) is 0 Å². The molecular weight excluding hydrogens is 376 g/mol. The van der Waals surface area contributed by atoms with Crippen molar-refractivity contribution in [2.75, 3.05) is 31.2 Å². The number of halogens is 1. The van der Waals surface area contributed by atoms with E-state index in [1.54, 1.807) is 0 Å². The fraction of sp³-hybridized carbons (Fsp3) is 0.182.